The Balaban J connectivity index is 2.79. The van der Waals surface area contributed by atoms with Crippen LogP contribution in [-0.4, -0.2) is 13.5 Å². The van der Waals surface area contributed by atoms with Crippen molar-refractivity contribution in [2.45, 2.75) is 35.3 Å². The van der Waals surface area contributed by atoms with Crippen molar-refractivity contribution >= 4 is 22.8 Å². The summed E-state index contributed by atoms with van der Waals surface area (Å²) in [5.74, 6) is 0. The molecular weight excluding hydrogens is 216 g/mol. The lowest BCUT2D eigenvalue weighted by Gasteiger charge is -2.17. The highest BCUT2D eigenvalue weighted by Crippen LogP contribution is 2.31. The molecule has 0 spiro atoms. The molecule has 78 valence electrons. The van der Waals surface area contributed by atoms with Crippen LogP contribution in [-0.2, 0) is 11.1 Å². The van der Waals surface area contributed by atoms with Gasteiger partial charge in [0.05, 0.1) is 4.90 Å². The summed E-state index contributed by atoms with van der Waals surface area (Å²) < 4.78 is 19.7. The predicted molar refractivity (Wildman–Crippen MR) is 61.1 cm³/mol. The fraction of sp³-hybridized carbons (Fsp3) is 0.400. The molecule has 1 N–H and O–H groups in total. The molecule has 1 aromatic carbocycles. The van der Waals surface area contributed by atoms with Crippen LogP contribution < -0.4 is 0 Å². The predicted octanol–water partition coefficient (Wildman–Crippen LogP) is 3.16. The summed E-state index contributed by atoms with van der Waals surface area (Å²) >= 11 is -0.129. The average molecular weight is 230 g/mol. The topological polar surface area (TPSA) is 37.3 Å². The van der Waals surface area contributed by atoms with Gasteiger partial charge in [-0.3, -0.25) is 0 Å². The molecule has 0 aliphatic heterocycles. The van der Waals surface area contributed by atoms with Crippen LogP contribution in [0.4, 0.5) is 0 Å². The molecule has 0 aliphatic carbocycles. The Morgan fingerprint density at radius 1 is 1.21 bits per heavy atom. The van der Waals surface area contributed by atoms with E-state index < -0.39 is 11.1 Å². The largest absolute Gasteiger partial charge is 0.302 e. The van der Waals surface area contributed by atoms with Crippen LogP contribution in [0.1, 0.15) is 20.8 Å². The summed E-state index contributed by atoms with van der Waals surface area (Å²) in [6.45, 7) is 6.40. The number of hydrogen-bond acceptors (Lipinski definition) is 2. The number of hydrogen-bond donors (Lipinski definition) is 1. The van der Waals surface area contributed by atoms with Crippen molar-refractivity contribution in [3.8, 4) is 0 Å². The van der Waals surface area contributed by atoms with E-state index in [0.717, 1.165) is 4.90 Å². The maximum Gasteiger partial charge on any atom is 0.186 e. The Hall–Kier alpha value is -0.320. The molecule has 0 radical (unpaired) electrons. The van der Waals surface area contributed by atoms with E-state index >= 15 is 0 Å². The van der Waals surface area contributed by atoms with Gasteiger partial charge in [0.15, 0.2) is 11.1 Å². The quantitative estimate of drug-likeness (QED) is 0.626. The van der Waals surface area contributed by atoms with Crippen LogP contribution in [0.25, 0.3) is 0 Å². The third-order valence-corrected chi connectivity index (χ3v) is 3.25. The van der Waals surface area contributed by atoms with Gasteiger partial charge in [0.2, 0.25) is 0 Å². The fourth-order valence-electron chi connectivity index (χ4n) is 0.978. The molecule has 0 aromatic heterocycles. The third kappa shape index (κ3) is 3.82. The maximum atomic E-state index is 10.7. The number of benzene rings is 1. The lowest BCUT2D eigenvalue weighted by atomic mass is 10.3. The van der Waals surface area contributed by atoms with E-state index in [9.17, 15) is 4.21 Å². The van der Waals surface area contributed by atoms with Gasteiger partial charge in [0, 0.05) is 9.64 Å². The maximum absolute atomic E-state index is 10.7. The molecule has 0 amide bonds. The van der Waals surface area contributed by atoms with Gasteiger partial charge >= 0.3 is 0 Å². The molecule has 1 atom stereocenters. The van der Waals surface area contributed by atoms with Crippen LogP contribution in [0.5, 0.6) is 0 Å². The molecular formula is C10H14O2S2. The number of rotatable bonds is 2. The van der Waals surface area contributed by atoms with Crippen LogP contribution >= 0.6 is 11.8 Å². The molecule has 14 heavy (non-hydrogen) atoms. The zero-order valence-electron chi connectivity index (χ0n) is 8.48. The van der Waals surface area contributed by atoms with Gasteiger partial charge in [-0.15, -0.1) is 11.8 Å². The second-order valence-electron chi connectivity index (χ2n) is 3.93. The Bertz CT molecular complexity index is 325. The van der Waals surface area contributed by atoms with E-state index in [4.69, 9.17) is 4.55 Å². The first kappa shape index (κ1) is 11.8. The first-order valence-corrected chi connectivity index (χ1v) is 6.21. The van der Waals surface area contributed by atoms with E-state index in [-0.39, 0.29) is 4.75 Å². The van der Waals surface area contributed by atoms with Crippen LogP contribution in [0.3, 0.4) is 0 Å². The van der Waals surface area contributed by atoms with Crippen molar-refractivity contribution < 1.29 is 8.76 Å². The molecule has 4 heteroatoms. The van der Waals surface area contributed by atoms with Gasteiger partial charge in [-0.25, -0.2) is 4.21 Å². The molecule has 0 fully saturated rings. The number of thioether (sulfide) groups is 1. The molecule has 0 heterocycles. The Kier molecular flexibility index (Phi) is 3.75. The van der Waals surface area contributed by atoms with Gasteiger partial charge in [0.25, 0.3) is 0 Å². The van der Waals surface area contributed by atoms with Crippen molar-refractivity contribution in [2.24, 2.45) is 0 Å². The van der Waals surface area contributed by atoms with Gasteiger partial charge < -0.3 is 4.55 Å². The zero-order valence-corrected chi connectivity index (χ0v) is 10.1. The van der Waals surface area contributed by atoms with E-state index in [1.807, 2.05) is 12.1 Å². The molecule has 0 bridgehead atoms. The summed E-state index contributed by atoms with van der Waals surface area (Å²) in [4.78, 5) is 1.56. The monoisotopic (exact) mass is 230 g/mol. The SMILES string of the molecule is CC(C)(C)Sc1ccc(S(=O)O)cc1. The van der Waals surface area contributed by atoms with Crippen molar-refractivity contribution in [1.29, 1.82) is 0 Å². The highest BCUT2D eigenvalue weighted by Gasteiger charge is 2.11. The minimum Gasteiger partial charge on any atom is -0.302 e. The smallest absolute Gasteiger partial charge is 0.186 e. The van der Waals surface area contributed by atoms with Gasteiger partial charge in [-0.1, -0.05) is 20.8 Å². The van der Waals surface area contributed by atoms with E-state index in [1.165, 1.54) is 0 Å². The van der Waals surface area contributed by atoms with Crippen molar-refractivity contribution in [3.05, 3.63) is 24.3 Å². The van der Waals surface area contributed by atoms with E-state index in [1.54, 1.807) is 23.9 Å². The fourth-order valence-corrected chi connectivity index (χ4v) is 2.33. The normalized spacial score (nSPS) is 14.0. The average Bonchev–Trinajstić information content (AvgIpc) is 2.02. The third-order valence-electron chi connectivity index (χ3n) is 1.45. The lowest BCUT2D eigenvalue weighted by molar-refractivity contribution is 0.564. The van der Waals surface area contributed by atoms with Crippen molar-refractivity contribution in [2.75, 3.05) is 0 Å². The summed E-state index contributed by atoms with van der Waals surface area (Å²) in [6.07, 6.45) is 0. The van der Waals surface area contributed by atoms with Crippen LogP contribution in [0, 0.1) is 0 Å². The van der Waals surface area contributed by atoms with Gasteiger partial charge in [0.1, 0.15) is 0 Å². The summed E-state index contributed by atoms with van der Waals surface area (Å²) in [6, 6.07) is 7.12. The first-order chi connectivity index (χ1) is 6.38. The Morgan fingerprint density at radius 2 is 1.71 bits per heavy atom. The highest BCUT2D eigenvalue weighted by molar-refractivity contribution is 8.00. The Labute approximate surface area is 91.4 Å². The van der Waals surface area contributed by atoms with E-state index in [2.05, 4.69) is 20.8 Å². The van der Waals surface area contributed by atoms with Crippen LogP contribution in [0.2, 0.25) is 0 Å². The standard InChI is InChI=1S/C10H14O2S2/c1-10(2,3)13-8-4-6-9(7-5-8)14(11)12/h4-7H,1-3H3,(H,11,12). The van der Waals surface area contributed by atoms with Gasteiger partial charge in [-0.2, -0.15) is 0 Å². The minimum absolute atomic E-state index is 0.167. The summed E-state index contributed by atoms with van der Waals surface area (Å²) in [7, 11) is 0. The lowest BCUT2D eigenvalue weighted by Crippen LogP contribution is -2.06. The van der Waals surface area contributed by atoms with Crippen molar-refractivity contribution in [3.63, 3.8) is 0 Å². The second kappa shape index (κ2) is 4.47. The second-order valence-corrected chi connectivity index (χ2v) is 6.80. The zero-order chi connectivity index (χ0) is 10.8. The van der Waals surface area contributed by atoms with Crippen molar-refractivity contribution in [1.82, 2.24) is 0 Å². The molecule has 0 saturated heterocycles. The minimum atomic E-state index is -1.87. The summed E-state index contributed by atoms with van der Waals surface area (Å²) in [5.41, 5.74) is 0. The van der Waals surface area contributed by atoms with E-state index in [0.29, 0.717) is 4.90 Å². The van der Waals surface area contributed by atoms with Crippen LogP contribution in [0.15, 0.2) is 34.1 Å². The molecule has 1 aromatic rings. The highest BCUT2D eigenvalue weighted by atomic mass is 32.2. The molecule has 2 nitrogen and oxygen atoms in total. The molecule has 0 aliphatic rings. The Morgan fingerprint density at radius 3 is 2.07 bits per heavy atom. The van der Waals surface area contributed by atoms with Gasteiger partial charge in [-0.05, 0) is 24.3 Å². The first-order valence-electron chi connectivity index (χ1n) is 4.28. The molecule has 1 unspecified atom stereocenters. The molecule has 1 rings (SSSR count). The summed E-state index contributed by atoms with van der Waals surface area (Å²) in [5, 5.41) is 0. The molecule has 0 saturated carbocycles.